The van der Waals surface area contributed by atoms with Crippen LogP contribution in [-0.2, 0) is 51.6 Å². The fourth-order valence-corrected chi connectivity index (χ4v) is 12.1. The third-order valence-corrected chi connectivity index (χ3v) is 19.4. The molecule has 0 aliphatic heterocycles. The molecular weight excluding hydrogens is 1430 g/mol. The molecule has 0 radical (unpaired) electrons. The summed E-state index contributed by atoms with van der Waals surface area (Å²) in [6.45, 7) is 51.8. The molecule has 0 aliphatic carbocycles. The lowest BCUT2D eigenvalue weighted by Crippen LogP contribution is -2.12. The number of aryl methyl sites for hydroxylation is 1. The largest absolute Gasteiger partial charge is 0.508 e. The molecule has 634 valence electrons. The van der Waals surface area contributed by atoms with Crippen molar-refractivity contribution in [1.82, 2.24) is 4.98 Å². The average molecular weight is 1580 g/mol. The molecule has 0 spiro atoms. The Labute approximate surface area is 702 Å². The molecule has 1 heterocycles. The highest BCUT2D eigenvalue weighted by molar-refractivity contribution is 5.83. The van der Waals surface area contributed by atoms with E-state index >= 15 is 0 Å². The van der Waals surface area contributed by atoms with Gasteiger partial charge in [-0.1, -0.05) is 279 Å². The van der Waals surface area contributed by atoms with Crippen molar-refractivity contribution in [3.05, 3.63) is 278 Å². The summed E-state index contributed by atoms with van der Waals surface area (Å²) in [7, 11) is 4.96. The van der Waals surface area contributed by atoms with Crippen LogP contribution in [0.4, 0.5) is 5.69 Å². The Kier molecular flexibility index (Phi) is 45.6. The normalized spacial score (nSPS) is 11.1. The molecule has 4 N–H and O–H groups in total. The number of nitro benzene ring substituents is 1. The van der Waals surface area contributed by atoms with Crippen molar-refractivity contribution in [1.29, 1.82) is 0 Å². The Balaban J connectivity index is 0.000000355. The summed E-state index contributed by atoms with van der Waals surface area (Å²) in [6, 6.07) is 64.6. The molecule has 0 saturated heterocycles. The molecule has 10 aromatic rings. The number of rotatable bonds is 26. The van der Waals surface area contributed by atoms with Gasteiger partial charge in [-0.2, -0.15) is 0 Å². The van der Waals surface area contributed by atoms with Crippen molar-refractivity contribution >= 4 is 27.4 Å². The first-order valence-corrected chi connectivity index (χ1v) is 42.3. The number of nitro groups is 1. The quantitative estimate of drug-likeness (QED) is 0.0235. The second-order valence-electron chi connectivity index (χ2n) is 36.8. The van der Waals surface area contributed by atoms with Crippen molar-refractivity contribution in [2.24, 2.45) is 51.8 Å². The van der Waals surface area contributed by atoms with Crippen molar-refractivity contribution in [3.63, 3.8) is 0 Å². The molecule has 0 atom stereocenters. The second kappa shape index (κ2) is 52.4. The number of fused-ring (bicyclic) bond motifs is 2. The zero-order chi connectivity index (χ0) is 86.7. The first-order valence-electron chi connectivity index (χ1n) is 42.3. The molecule has 0 saturated carbocycles. The van der Waals surface area contributed by atoms with E-state index in [0.717, 1.165) is 113 Å². The third-order valence-electron chi connectivity index (χ3n) is 19.4. The molecule has 0 aliphatic rings. The Morgan fingerprint density at radius 2 is 0.974 bits per heavy atom. The molecule has 116 heavy (non-hydrogen) atoms. The van der Waals surface area contributed by atoms with E-state index in [9.17, 15) is 20.3 Å². The Morgan fingerprint density at radius 1 is 0.466 bits per heavy atom. The van der Waals surface area contributed by atoms with E-state index in [1.54, 1.807) is 27.4 Å². The Bertz CT molecular complexity index is 4380. The van der Waals surface area contributed by atoms with Gasteiger partial charge in [0, 0.05) is 29.8 Å². The van der Waals surface area contributed by atoms with Crippen LogP contribution in [0.2, 0.25) is 0 Å². The molecular formula is C105H150N2O9. The van der Waals surface area contributed by atoms with E-state index in [-0.39, 0.29) is 22.3 Å². The number of allylic oxidation sites excluding steroid dienone is 2. The number of nitrogens with zero attached hydrogens (tertiary/aromatic N) is 1. The monoisotopic (exact) mass is 1580 g/mol. The minimum absolute atomic E-state index is 0.0111. The number of para-hydroxylation sites is 1. The lowest BCUT2D eigenvalue weighted by atomic mass is 9.84. The molecule has 1 aromatic heterocycles. The lowest BCUT2D eigenvalue weighted by Gasteiger charge is -2.22. The van der Waals surface area contributed by atoms with Crippen molar-refractivity contribution < 1.29 is 39.2 Å². The summed E-state index contributed by atoms with van der Waals surface area (Å²) in [5, 5.41) is 43.2. The Morgan fingerprint density at radius 3 is 1.45 bits per heavy atom. The van der Waals surface area contributed by atoms with Crippen LogP contribution in [0.25, 0.3) is 21.7 Å². The summed E-state index contributed by atoms with van der Waals surface area (Å²) in [5.74, 6) is 7.98. The number of nitrogens with one attached hydrogen (secondary N) is 1. The van der Waals surface area contributed by atoms with E-state index in [2.05, 4.69) is 274 Å². The van der Waals surface area contributed by atoms with Crippen LogP contribution in [0.5, 0.6) is 34.5 Å². The molecule has 0 fully saturated rings. The topological polar surface area (TPSA) is 157 Å². The fourth-order valence-electron chi connectivity index (χ4n) is 12.1. The lowest BCUT2D eigenvalue weighted by molar-refractivity contribution is -0.385. The van der Waals surface area contributed by atoms with E-state index in [4.69, 9.17) is 24.1 Å². The summed E-state index contributed by atoms with van der Waals surface area (Å²) < 4.78 is 21.4. The van der Waals surface area contributed by atoms with Gasteiger partial charge >= 0.3 is 5.69 Å². The standard InChI is InChI=1S/C19H23NO4.C19H24O2.C18H22O2.C14H19N.C14H16.C8H16.C7H16.C6H14O/c1-19(2,3)12-15-11-18(21)17(20(22)23)10-14(15)9-13-5-7-16(24-4)8-6-13;1-19(2,3)13-16-6-5-7-18(12-16)21-14-15-8-10-17(20-4)11-9-15;1-13(2)10-16-12-17(19)7-6-15(16)11-14-4-8-18(20-3)9-5-14;1-11(2)6-5-7-12-10-15-14-9-4-3-8-13(12)14;1-11(2)9-12-7-8-13-5-3-4-6-14(13)10-12;1-7(2)5-6-8(3)4;1-6(2)7(3,4)5;1-6(2)4-3-5-7/h5-8,10-11,21H,9,12H2,1-4H3;5-12H,13-14H2,1-4H3;4-9,12-13,19H,10-11H2,1-3H3;3-4,8-11,15H,5-7H2,1-2H3;3-8,10-11H,9H2,1-2H3;5,8H,6H2,1-4H3;6H,1-5H3;6-7H,3-5H2,1-2H3. The van der Waals surface area contributed by atoms with Gasteiger partial charge in [-0.05, 0) is 275 Å². The molecule has 0 unspecified atom stereocenters. The van der Waals surface area contributed by atoms with Gasteiger partial charge in [0.1, 0.15) is 35.4 Å². The number of H-pyrrole nitrogens is 1. The van der Waals surface area contributed by atoms with Gasteiger partial charge in [-0.25, -0.2) is 0 Å². The van der Waals surface area contributed by atoms with Crippen LogP contribution in [0, 0.1) is 61.9 Å². The predicted octanol–water partition coefficient (Wildman–Crippen LogP) is 28.8. The molecule has 0 bridgehead atoms. The number of hydrogen-bond acceptors (Lipinski definition) is 9. The van der Waals surface area contributed by atoms with Crippen LogP contribution in [0.15, 0.2) is 212 Å². The molecule has 9 aromatic carbocycles. The number of methoxy groups -OCH3 is 3. The zero-order valence-electron chi connectivity index (χ0n) is 76.2. The second-order valence-corrected chi connectivity index (χ2v) is 36.8. The van der Waals surface area contributed by atoms with Crippen molar-refractivity contribution in [2.45, 2.75) is 243 Å². The molecule has 11 nitrogen and oxygen atoms in total. The van der Waals surface area contributed by atoms with Gasteiger partial charge in [0.15, 0.2) is 5.75 Å². The van der Waals surface area contributed by atoms with Gasteiger partial charge in [-0.3, -0.25) is 10.1 Å². The van der Waals surface area contributed by atoms with Crippen molar-refractivity contribution in [2.75, 3.05) is 27.9 Å². The van der Waals surface area contributed by atoms with Crippen LogP contribution in [0.1, 0.15) is 247 Å². The number of aromatic amines is 1. The highest BCUT2D eigenvalue weighted by Gasteiger charge is 2.22. The van der Waals surface area contributed by atoms with E-state index in [1.165, 1.54) is 105 Å². The number of aromatic hydroxyl groups is 2. The molecule has 11 heteroatoms. The maximum atomic E-state index is 11.1. The number of phenolic OH excluding ortho intramolecular Hbond substituents is 2. The number of ether oxygens (including phenoxy) is 4. The Hall–Kier alpha value is -9.32. The number of phenols is 2. The predicted molar refractivity (Wildman–Crippen MR) is 496 cm³/mol. The van der Waals surface area contributed by atoms with Crippen LogP contribution >= 0.6 is 0 Å². The number of aromatic nitrogens is 1. The first kappa shape index (κ1) is 101. The average Bonchev–Trinajstić information content (AvgIpc) is 1.03. The number of benzene rings is 9. The van der Waals surface area contributed by atoms with Crippen LogP contribution < -0.4 is 18.9 Å². The highest BCUT2D eigenvalue weighted by atomic mass is 16.6. The fraction of sp³-hybridized carbons (Fsp3) is 0.467. The van der Waals surface area contributed by atoms with E-state index in [1.807, 2.05) is 78.9 Å². The van der Waals surface area contributed by atoms with Gasteiger partial charge in [-0.15, -0.1) is 0 Å². The first-order chi connectivity index (χ1) is 54.6. The number of hydrogen-bond donors (Lipinski definition) is 4. The number of aliphatic hydroxyl groups is 1. The highest BCUT2D eigenvalue weighted by Crippen LogP contribution is 2.35. The van der Waals surface area contributed by atoms with Gasteiger partial charge in [0.05, 0.1) is 26.3 Å². The summed E-state index contributed by atoms with van der Waals surface area (Å²) >= 11 is 0. The summed E-state index contributed by atoms with van der Waals surface area (Å²) in [6.07, 6.45) is 17.0. The summed E-state index contributed by atoms with van der Waals surface area (Å²) in [5.41, 5.74) is 15.2. The minimum Gasteiger partial charge on any atom is -0.508 e. The van der Waals surface area contributed by atoms with Gasteiger partial charge < -0.3 is 39.3 Å². The molecule has 0 amide bonds. The smallest absolute Gasteiger partial charge is 0.310 e. The zero-order valence-corrected chi connectivity index (χ0v) is 76.2. The van der Waals surface area contributed by atoms with Crippen LogP contribution in [-0.4, -0.2) is 53.2 Å². The summed E-state index contributed by atoms with van der Waals surface area (Å²) in [4.78, 5) is 13.9. The van der Waals surface area contributed by atoms with Crippen molar-refractivity contribution in [3.8, 4) is 34.5 Å². The SMILES string of the molecule is CC(C)=CCC(C)C.CC(C)C(C)(C)C.CC(C)CCCO.CC(C)CCCc1c[nH]c2ccccc12.CC(C)Cc1ccc2ccccc2c1.COc1ccc(COc2cccc(CC(C)(C)C)c2)cc1.COc1ccc(Cc2cc([N+](=O)[O-])c(O)cc2CC(C)(C)C)cc1.COc1ccc(Cc2ccc(O)cc2CC(C)C)cc1. The minimum atomic E-state index is -0.548. The maximum Gasteiger partial charge on any atom is 0.310 e. The van der Waals surface area contributed by atoms with Gasteiger partial charge in [0.2, 0.25) is 0 Å². The molecule has 10 rings (SSSR count). The van der Waals surface area contributed by atoms with Crippen LogP contribution in [0.3, 0.4) is 0 Å². The number of aliphatic hydroxyl groups excluding tert-OH is 1. The van der Waals surface area contributed by atoms with E-state index in [0.29, 0.717) is 36.7 Å². The van der Waals surface area contributed by atoms with E-state index < -0.39 is 4.92 Å². The van der Waals surface area contributed by atoms with Gasteiger partial charge in [0.25, 0.3) is 0 Å². The third kappa shape index (κ3) is 43.0. The maximum absolute atomic E-state index is 11.1.